The van der Waals surface area contributed by atoms with Gasteiger partial charge in [-0.2, -0.15) is 0 Å². The summed E-state index contributed by atoms with van der Waals surface area (Å²) in [5.74, 6) is 2.49. The smallest absolute Gasteiger partial charge is 0.225 e. The van der Waals surface area contributed by atoms with E-state index in [0.29, 0.717) is 11.8 Å². The summed E-state index contributed by atoms with van der Waals surface area (Å²) in [6.45, 7) is 5.58. The SMILES string of the molecule is COc1ccc2c(C)cc(N3CCCN(C(=O)C4CC4)CC3)nc2c1. The van der Waals surface area contributed by atoms with E-state index in [0.717, 1.165) is 67.9 Å². The maximum absolute atomic E-state index is 12.3. The Morgan fingerprint density at radius 1 is 1.16 bits per heavy atom. The van der Waals surface area contributed by atoms with Gasteiger partial charge in [0.1, 0.15) is 11.6 Å². The fourth-order valence-corrected chi connectivity index (χ4v) is 3.61. The van der Waals surface area contributed by atoms with Gasteiger partial charge in [0.15, 0.2) is 0 Å². The quantitative estimate of drug-likeness (QED) is 0.862. The molecular weight excluding hydrogens is 314 g/mol. The number of nitrogens with zero attached hydrogens (tertiary/aromatic N) is 3. The van der Waals surface area contributed by atoms with Gasteiger partial charge in [0.25, 0.3) is 0 Å². The highest BCUT2D eigenvalue weighted by Crippen LogP contribution is 2.31. The zero-order chi connectivity index (χ0) is 17.4. The third-order valence-electron chi connectivity index (χ3n) is 5.27. The summed E-state index contributed by atoms with van der Waals surface area (Å²) in [6.07, 6.45) is 3.15. The standard InChI is InChI=1S/C20H25N3O2/c1-14-12-19(21-18-13-16(25-2)6-7-17(14)18)22-8-3-9-23(11-10-22)20(24)15-4-5-15/h6-7,12-13,15H,3-5,8-11H2,1-2H3. The number of ether oxygens (including phenoxy) is 1. The molecule has 1 aliphatic carbocycles. The predicted octanol–water partition coefficient (Wildman–Crippen LogP) is 3.00. The van der Waals surface area contributed by atoms with E-state index in [2.05, 4.69) is 28.9 Å². The highest BCUT2D eigenvalue weighted by Gasteiger charge is 2.34. The van der Waals surface area contributed by atoms with Crippen LogP contribution < -0.4 is 9.64 Å². The maximum atomic E-state index is 12.3. The molecule has 1 aliphatic heterocycles. The predicted molar refractivity (Wildman–Crippen MR) is 99.2 cm³/mol. The molecule has 0 bridgehead atoms. The number of fused-ring (bicyclic) bond motifs is 1. The number of amides is 1. The summed E-state index contributed by atoms with van der Waals surface area (Å²) < 4.78 is 5.34. The zero-order valence-corrected chi connectivity index (χ0v) is 15.0. The minimum atomic E-state index is 0.306. The highest BCUT2D eigenvalue weighted by molar-refractivity contribution is 5.85. The number of carbonyl (C=O) groups excluding carboxylic acids is 1. The zero-order valence-electron chi connectivity index (χ0n) is 15.0. The lowest BCUT2D eigenvalue weighted by Gasteiger charge is -2.23. The van der Waals surface area contributed by atoms with E-state index in [1.165, 1.54) is 5.56 Å². The fourth-order valence-electron chi connectivity index (χ4n) is 3.61. The number of pyridine rings is 1. The molecule has 2 heterocycles. The van der Waals surface area contributed by atoms with Gasteiger partial charge in [0.05, 0.1) is 12.6 Å². The van der Waals surface area contributed by atoms with Crippen LogP contribution in [0.3, 0.4) is 0 Å². The van der Waals surface area contributed by atoms with Crippen molar-refractivity contribution in [3.63, 3.8) is 0 Å². The number of methoxy groups -OCH3 is 1. The molecule has 132 valence electrons. The molecule has 1 aromatic carbocycles. The van der Waals surface area contributed by atoms with E-state index in [4.69, 9.17) is 9.72 Å². The van der Waals surface area contributed by atoms with Crippen molar-refractivity contribution in [2.75, 3.05) is 38.2 Å². The molecule has 1 amide bonds. The number of hydrogen-bond donors (Lipinski definition) is 0. The normalized spacial score (nSPS) is 18.3. The van der Waals surface area contributed by atoms with Crippen LogP contribution in [0, 0.1) is 12.8 Å². The van der Waals surface area contributed by atoms with Gasteiger partial charge in [-0.3, -0.25) is 4.79 Å². The molecule has 0 atom stereocenters. The lowest BCUT2D eigenvalue weighted by atomic mass is 10.1. The van der Waals surface area contributed by atoms with Crippen molar-refractivity contribution in [2.24, 2.45) is 5.92 Å². The first kappa shape index (κ1) is 16.2. The van der Waals surface area contributed by atoms with Gasteiger partial charge in [0, 0.05) is 43.5 Å². The second kappa shape index (κ2) is 6.54. The number of rotatable bonds is 3. The second-order valence-electron chi connectivity index (χ2n) is 7.12. The van der Waals surface area contributed by atoms with Gasteiger partial charge in [-0.15, -0.1) is 0 Å². The van der Waals surface area contributed by atoms with Crippen LogP contribution in [0.2, 0.25) is 0 Å². The Labute approximate surface area is 148 Å². The monoisotopic (exact) mass is 339 g/mol. The van der Waals surface area contributed by atoms with Crippen LogP contribution in [0.1, 0.15) is 24.8 Å². The maximum Gasteiger partial charge on any atom is 0.225 e. The summed E-state index contributed by atoms with van der Waals surface area (Å²) in [4.78, 5) is 21.6. The summed E-state index contributed by atoms with van der Waals surface area (Å²) >= 11 is 0. The van der Waals surface area contributed by atoms with Crippen molar-refractivity contribution in [1.29, 1.82) is 0 Å². The Morgan fingerprint density at radius 2 is 2.00 bits per heavy atom. The molecule has 1 aromatic heterocycles. The Balaban J connectivity index is 1.57. The van der Waals surface area contributed by atoms with Crippen molar-refractivity contribution in [3.8, 4) is 5.75 Å². The molecule has 5 heteroatoms. The largest absolute Gasteiger partial charge is 0.497 e. The topological polar surface area (TPSA) is 45.7 Å². The van der Waals surface area contributed by atoms with E-state index in [9.17, 15) is 4.79 Å². The second-order valence-corrected chi connectivity index (χ2v) is 7.12. The molecule has 4 rings (SSSR count). The number of carbonyl (C=O) groups is 1. The molecule has 0 radical (unpaired) electrons. The van der Waals surface area contributed by atoms with E-state index in [1.54, 1.807) is 7.11 Å². The van der Waals surface area contributed by atoms with Gasteiger partial charge >= 0.3 is 0 Å². The number of benzene rings is 1. The third kappa shape index (κ3) is 3.28. The minimum Gasteiger partial charge on any atom is -0.497 e. The van der Waals surface area contributed by atoms with Crippen LogP contribution in [-0.2, 0) is 4.79 Å². The van der Waals surface area contributed by atoms with E-state index >= 15 is 0 Å². The van der Waals surface area contributed by atoms with Crippen LogP contribution in [0.15, 0.2) is 24.3 Å². The van der Waals surface area contributed by atoms with Crippen LogP contribution in [0.5, 0.6) is 5.75 Å². The molecule has 0 spiro atoms. The molecule has 1 saturated heterocycles. The number of hydrogen-bond acceptors (Lipinski definition) is 4. The van der Waals surface area contributed by atoms with Crippen molar-refractivity contribution in [2.45, 2.75) is 26.2 Å². The number of aromatic nitrogens is 1. The number of aryl methyl sites for hydroxylation is 1. The van der Waals surface area contributed by atoms with E-state index in [1.807, 2.05) is 12.1 Å². The minimum absolute atomic E-state index is 0.306. The van der Waals surface area contributed by atoms with Gasteiger partial charge in [-0.25, -0.2) is 4.98 Å². The average Bonchev–Trinajstić information content (AvgIpc) is 3.47. The molecule has 5 nitrogen and oxygen atoms in total. The van der Waals surface area contributed by atoms with Crippen LogP contribution in [-0.4, -0.2) is 49.1 Å². The molecule has 2 aliphatic rings. The van der Waals surface area contributed by atoms with Crippen molar-refractivity contribution in [3.05, 3.63) is 29.8 Å². The summed E-state index contributed by atoms with van der Waals surface area (Å²) in [6, 6.07) is 8.20. The van der Waals surface area contributed by atoms with Crippen molar-refractivity contribution >= 4 is 22.6 Å². The van der Waals surface area contributed by atoms with Crippen LogP contribution in [0.4, 0.5) is 5.82 Å². The van der Waals surface area contributed by atoms with Crippen LogP contribution >= 0.6 is 0 Å². The summed E-state index contributed by atoms with van der Waals surface area (Å²) in [5, 5.41) is 1.16. The molecule has 0 N–H and O–H groups in total. The molecular formula is C20H25N3O2. The average molecular weight is 339 g/mol. The number of anilines is 1. The first-order chi connectivity index (χ1) is 12.2. The highest BCUT2D eigenvalue weighted by atomic mass is 16.5. The Morgan fingerprint density at radius 3 is 2.76 bits per heavy atom. The fraction of sp³-hybridized carbons (Fsp3) is 0.500. The molecule has 2 fully saturated rings. The van der Waals surface area contributed by atoms with Crippen molar-refractivity contribution in [1.82, 2.24) is 9.88 Å². The molecule has 0 unspecified atom stereocenters. The van der Waals surface area contributed by atoms with Gasteiger partial charge in [-0.1, -0.05) is 0 Å². The Hall–Kier alpha value is -2.30. The van der Waals surface area contributed by atoms with E-state index in [-0.39, 0.29) is 0 Å². The first-order valence-corrected chi connectivity index (χ1v) is 9.15. The lowest BCUT2D eigenvalue weighted by Crippen LogP contribution is -2.36. The molecule has 25 heavy (non-hydrogen) atoms. The van der Waals surface area contributed by atoms with Gasteiger partial charge in [0.2, 0.25) is 5.91 Å². The van der Waals surface area contributed by atoms with Gasteiger partial charge in [-0.05, 0) is 49.9 Å². The molecule has 1 saturated carbocycles. The summed E-state index contributed by atoms with van der Waals surface area (Å²) in [5.41, 5.74) is 2.18. The van der Waals surface area contributed by atoms with Crippen LogP contribution in [0.25, 0.3) is 10.9 Å². The summed E-state index contributed by atoms with van der Waals surface area (Å²) in [7, 11) is 1.68. The third-order valence-corrected chi connectivity index (χ3v) is 5.27. The Kier molecular flexibility index (Phi) is 4.24. The van der Waals surface area contributed by atoms with Gasteiger partial charge < -0.3 is 14.5 Å². The first-order valence-electron chi connectivity index (χ1n) is 9.15. The lowest BCUT2D eigenvalue weighted by molar-refractivity contribution is -0.132. The van der Waals surface area contributed by atoms with Crippen molar-refractivity contribution < 1.29 is 9.53 Å². The molecule has 2 aromatic rings. The van der Waals surface area contributed by atoms with E-state index < -0.39 is 0 Å². The Bertz CT molecular complexity index is 801.